The number of amides is 1. The van der Waals surface area contributed by atoms with Gasteiger partial charge in [0.1, 0.15) is 17.6 Å². The lowest BCUT2D eigenvalue weighted by Crippen LogP contribution is -2.42. The lowest BCUT2D eigenvalue weighted by molar-refractivity contribution is -0.139. The Morgan fingerprint density at radius 1 is 1.26 bits per heavy atom. The topological polar surface area (TPSA) is 68.7 Å². The van der Waals surface area contributed by atoms with E-state index in [2.05, 4.69) is 5.16 Å². The van der Waals surface area contributed by atoms with Crippen LogP contribution in [-0.2, 0) is 16.0 Å². The van der Waals surface area contributed by atoms with Crippen molar-refractivity contribution in [2.45, 2.75) is 12.5 Å². The summed E-state index contributed by atoms with van der Waals surface area (Å²) >= 11 is 0. The molecule has 1 fully saturated rings. The van der Waals surface area contributed by atoms with Crippen LogP contribution in [0.25, 0.3) is 11.0 Å². The van der Waals surface area contributed by atoms with Gasteiger partial charge in [-0.05, 0) is 24.3 Å². The van der Waals surface area contributed by atoms with Crippen LogP contribution < -0.4 is 0 Å². The molecule has 3 heterocycles. The van der Waals surface area contributed by atoms with E-state index in [1.807, 2.05) is 36.4 Å². The number of hydrogen-bond donors (Lipinski definition) is 0. The fourth-order valence-electron chi connectivity index (χ4n) is 2.84. The molecule has 2 aromatic heterocycles. The Bertz CT molecular complexity index is 809. The van der Waals surface area contributed by atoms with Crippen molar-refractivity contribution in [1.82, 2.24) is 10.1 Å². The summed E-state index contributed by atoms with van der Waals surface area (Å²) in [6.45, 7) is 1.56. The third kappa shape index (κ3) is 2.73. The highest BCUT2D eigenvalue weighted by atomic mass is 16.5. The summed E-state index contributed by atoms with van der Waals surface area (Å²) in [6, 6.07) is 11.2. The molecular formula is C17H16N2O4. The fourth-order valence-corrected chi connectivity index (χ4v) is 2.84. The van der Waals surface area contributed by atoms with Gasteiger partial charge in [0.25, 0.3) is 0 Å². The van der Waals surface area contributed by atoms with E-state index in [-0.39, 0.29) is 18.4 Å². The lowest BCUT2D eigenvalue weighted by atomic mass is 10.1. The molecule has 0 saturated carbocycles. The standard InChI is InChI=1S/C17H16N2O4/c20-17(10-13-12-4-1-2-5-14(12)23-18-13)19-7-9-22-16(11-19)15-6-3-8-21-15/h1-6,8,16H,7,9-11H2/t16-/m0/s1. The molecule has 4 rings (SSSR count). The number of ether oxygens (including phenoxy) is 1. The summed E-state index contributed by atoms with van der Waals surface area (Å²) < 4.78 is 16.3. The van der Waals surface area contributed by atoms with Crippen LogP contribution in [0.4, 0.5) is 0 Å². The number of morpholine rings is 1. The molecule has 1 aliphatic heterocycles. The highest BCUT2D eigenvalue weighted by molar-refractivity contribution is 5.86. The second-order valence-electron chi connectivity index (χ2n) is 5.52. The lowest BCUT2D eigenvalue weighted by Gasteiger charge is -2.31. The van der Waals surface area contributed by atoms with E-state index in [0.29, 0.717) is 31.0 Å². The van der Waals surface area contributed by atoms with Crippen LogP contribution in [0, 0.1) is 0 Å². The third-order valence-corrected chi connectivity index (χ3v) is 4.05. The first kappa shape index (κ1) is 14.0. The molecule has 23 heavy (non-hydrogen) atoms. The van der Waals surface area contributed by atoms with Gasteiger partial charge < -0.3 is 18.6 Å². The van der Waals surface area contributed by atoms with Crippen molar-refractivity contribution in [2.24, 2.45) is 0 Å². The third-order valence-electron chi connectivity index (χ3n) is 4.05. The molecule has 3 aromatic rings. The average molecular weight is 312 g/mol. The number of carbonyl (C=O) groups excluding carboxylic acids is 1. The van der Waals surface area contributed by atoms with Gasteiger partial charge in [-0.1, -0.05) is 17.3 Å². The van der Waals surface area contributed by atoms with Crippen molar-refractivity contribution in [2.75, 3.05) is 19.7 Å². The van der Waals surface area contributed by atoms with Gasteiger partial charge in [-0.3, -0.25) is 4.79 Å². The van der Waals surface area contributed by atoms with Crippen LogP contribution in [0.15, 0.2) is 51.6 Å². The van der Waals surface area contributed by atoms with E-state index >= 15 is 0 Å². The molecule has 118 valence electrons. The van der Waals surface area contributed by atoms with Gasteiger partial charge in [0.15, 0.2) is 5.58 Å². The highest BCUT2D eigenvalue weighted by Crippen LogP contribution is 2.24. The number of para-hydroxylation sites is 1. The maximum Gasteiger partial charge on any atom is 0.228 e. The van der Waals surface area contributed by atoms with Gasteiger partial charge in [0.2, 0.25) is 5.91 Å². The number of carbonyl (C=O) groups is 1. The van der Waals surface area contributed by atoms with Crippen LogP contribution in [-0.4, -0.2) is 35.7 Å². The van der Waals surface area contributed by atoms with Gasteiger partial charge in [-0.25, -0.2) is 0 Å². The molecule has 1 atom stereocenters. The zero-order valence-corrected chi connectivity index (χ0v) is 12.5. The number of aromatic nitrogens is 1. The van der Waals surface area contributed by atoms with Crippen LogP contribution in [0.2, 0.25) is 0 Å². The molecule has 1 saturated heterocycles. The van der Waals surface area contributed by atoms with Crippen LogP contribution in [0.5, 0.6) is 0 Å². The SMILES string of the molecule is O=C(Cc1noc2ccccc12)N1CCO[C@H](c2ccco2)C1. The number of furan rings is 1. The molecule has 1 aromatic carbocycles. The van der Waals surface area contributed by atoms with Crippen molar-refractivity contribution in [3.05, 3.63) is 54.1 Å². The predicted molar refractivity (Wildman–Crippen MR) is 81.7 cm³/mol. The summed E-state index contributed by atoms with van der Waals surface area (Å²) in [6.07, 6.45) is 1.62. The van der Waals surface area contributed by atoms with Gasteiger partial charge in [-0.2, -0.15) is 0 Å². The largest absolute Gasteiger partial charge is 0.467 e. The quantitative estimate of drug-likeness (QED) is 0.743. The molecule has 0 bridgehead atoms. The molecule has 0 spiro atoms. The number of benzene rings is 1. The molecule has 0 aliphatic carbocycles. The normalized spacial score (nSPS) is 18.4. The molecule has 0 N–H and O–H groups in total. The van der Waals surface area contributed by atoms with E-state index in [1.54, 1.807) is 11.2 Å². The zero-order chi connectivity index (χ0) is 15.6. The molecule has 6 nitrogen and oxygen atoms in total. The van der Waals surface area contributed by atoms with Crippen LogP contribution >= 0.6 is 0 Å². The average Bonchev–Trinajstić information content (AvgIpc) is 3.25. The van der Waals surface area contributed by atoms with Gasteiger partial charge in [-0.15, -0.1) is 0 Å². The van der Waals surface area contributed by atoms with Crippen molar-refractivity contribution in [3.63, 3.8) is 0 Å². The second kappa shape index (κ2) is 5.89. The molecule has 1 aliphatic rings. The molecule has 6 heteroatoms. The molecule has 0 unspecified atom stereocenters. The minimum atomic E-state index is -0.211. The summed E-state index contributed by atoms with van der Waals surface area (Å²) in [5.74, 6) is 0.762. The summed E-state index contributed by atoms with van der Waals surface area (Å²) in [5.41, 5.74) is 1.37. The zero-order valence-electron chi connectivity index (χ0n) is 12.5. The maximum absolute atomic E-state index is 12.6. The van der Waals surface area contributed by atoms with E-state index in [1.165, 1.54) is 0 Å². The molecular weight excluding hydrogens is 296 g/mol. The Morgan fingerprint density at radius 2 is 2.17 bits per heavy atom. The maximum atomic E-state index is 12.6. The van der Waals surface area contributed by atoms with E-state index in [4.69, 9.17) is 13.7 Å². The van der Waals surface area contributed by atoms with Gasteiger partial charge in [0, 0.05) is 11.9 Å². The van der Waals surface area contributed by atoms with Crippen molar-refractivity contribution in [3.8, 4) is 0 Å². The number of nitrogens with zero attached hydrogens (tertiary/aromatic N) is 2. The summed E-state index contributed by atoms with van der Waals surface area (Å²) in [5, 5.41) is 4.91. The Kier molecular flexibility index (Phi) is 3.59. The van der Waals surface area contributed by atoms with E-state index in [0.717, 1.165) is 11.1 Å². The van der Waals surface area contributed by atoms with Crippen LogP contribution in [0.3, 0.4) is 0 Å². The van der Waals surface area contributed by atoms with Gasteiger partial charge >= 0.3 is 0 Å². The van der Waals surface area contributed by atoms with Crippen LogP contribution in [0.1, 0.15) is 17.6 Å². The molecule has 1 amide bonds. The number of fused-ring (bicyclic) bond motifs is 1. The monoisotopic (exact) mass is 312 g/mol. The second-order valence-corrected chi connectivity index (χ2v) is 5.52. The minimum Gasteiger partial charge on any atom is -0.467 e. The highest BCUT2D eigenvalue weighted by Gasteiger charge is 2.27. The Labute approximate surface area is 132 Å². The summed E-state index contributed by atoms with van der Waals surface area (Å²) in [7, 11) is 0. The van der Waals surface area contributed by atoms with E-state index < -0.39 is 0 Å². The smallest absolute Gasteiger partial charge is 0.228 e. The molecule has 0 radical (unpaired) electrons. The Hall–Kier alpha value is -2.60. The number of rotatable bonds is 3. The first-order valence-corrected chi connectivity index (χ1v) is 7.57. The van der Waals surface area contributed by atoms with E-state index in [9.17, 15) is 4.79 Å². The fraction of sp³-hybridized carbons (Fsp3) is 0.294. The van der Waals surface area contributed by atoms with Crippen molar-refractivity contribution >= 4 is 16.9 Å². The number of hydrogen-bond acceptors (Lipinski definition) is 5. The Balaban J connectivity index is 1.48. The Morgan fingerprint density at radius 3 is 3.04 bits per heavy atom. The first-order chi connectivity index (χ1) is 11.3. The predicted octanol–water partition coefficient (Wildman–Crippen LogP) is 2.56. The van der Waals surface area contributed by atoms with Crippen molar-refractivity contribution in [1.29, 1.82) is 0 Å². The van der Waals surface area contributed by atoms with Gasteiger partial charge in [0.05, 0.1) is 25.8 Å². The van der Waals surface area contributed by atoms with Crippen molar-refractivity contribution < 1.29 is 18.5 Å². The first-order valence-electron chi connectivity index (χ1n) is 7.57. The summed E-state index contributed by atoms with van der Waals surface area (Å²) in [4.78, 5) is 14.4. The minimum absolute atomic E-state index is 0.0175.